The maximum absolute atomic E-state index is 13.3. The topological polar surface area (TPSA) is 160 Å². The molecule has 11 nitrogen and oxygen atoms in total. The number of rotatable bonds is 52. The Morgan fingerprint density at radius 1 is 0.391 bits per heavy atom. The summed E-state index contributed by atoms with van der Waals surface area (Å²) in [6.07, 6.45) is 45.0. The quantitative estimate of drug-likeness (QED) is 0.0374. The van der Waals surface area contributed by atoms with E-state index in [1.165, 1.54) is 212 Å². The second-order valence-electron chi connectivity index (χ2n) is 21.0. The van der Waals surface area contributed by atoms with Gasteiger partial charge >= 0.3 is 0 Å². The van der Waals surface area contributed by atoms with E-state index in [4.69, 9.17) is 9.47 Å². The molecule has 0 radical (unpaired) electrons. The minimum Gasteiger partial charge on any atom is -0.395 e. The van der Waals surface area contributed by atoms with Gasteiger partial charge in [0.25, 0.3) is 0 Å². The van der Waals surface area contributed by atoms with Gasteiger partial charge < -0.3 is 44.8 Å². The third kappa shape index (κ3) is 37.1. The van der Waals surface area contributed by atoms with E-state index in [1.807, 2.05) is 9.80 Å². The number of aliphatic hydroxyl groups is 5. The minimum atomic E-state index is -1.48. The van der Waals surface area contributed by atoms with Crippen molar-refractivity contribution in [2.45, 2.75) is 314 Å². The van der Waals surface area contributed by atoms with Crippen molar-refractivity contribution in [1.82, 2.24) is 9.80 Å². The monoisotopic (exact) mass is 983 g/mol. The highest BCUT2D eigenvalue weighted by atomic mass is 16.7. The summed E-state index contributed by atoms with van der Waals surface area (Å²) in [5, 5.41) is 49.6. The molecule has 2 amide bonds. The molecular weight excluding hydrogens is 869 g/mol. The van der Waals surface area contributed by atoms with E-state index in [0.717, 1.165) is 51.5 Å². The number of hydrogen-bond donors (Lipinski definition) is 5. The molecule has 410 valence electrons. The molecule has 0 aromatic carbocycles. The van der Waals surface area contributed by atoms with Gasteiger partial charge in [0.15, 0.2) is 6.29 Å². The number of nitrogens with zero attached hydrogens (tertiary/aromatic N) is 2. The zero-order chi connectivity index (χ0) is 50.3. The minimum absolute atomic E-state index is 0.0619. The molecule has 1 rings (SSSR count). The summed E-state index contributed by atoms with van der Waals surface area (Å²) >= 11 is 0. The lowest BCUT2D eigenvalue weighted by atomic mass is 9.99. The summed E-state index contributed by atoms with van der Waals surface area (Å²) in [5.41, 5.74) is 0. The van der Waals surface area contributed by atoms with Crippen LogP contribution >= 0.6 is 0 Å². The van der Waals surface area contributed by atoms with Crippen molar-refractivity contribution in [2.24, 2.45) is 0 Å². The van der Waals surface area contributed by atoms with E-state index in [-0.39, 0.29) is 25.0 Å². The van der Waals surface area contributed by atoms with Gasteiger partial charge in [-0.2, -0.15) is 0 Å². The molecule has 1 heterocycles. The van der Waals surface area contributed by atoms with Crippen molar-refractivity contribution >= 4 is 11.8 Å². The number of carbonyl (C=O) groups excluding carboxylic acids is 2. The summed E-state index contributed by atoms with van der Waals surface area (Å²) < 4.78 is 11.2. The van der Waals surface area contributed by atoms with Gasteiger partial charge in [-0.1, -0.05) is 245 Å². The predicted molar refractivity (Wildman–Crippen MR) is 285 cm³/mol. The molecule has 0 spiro atoms. The van der Waals surface area contributed by atoms with Gasteiger partial charge in [0, 0.05) is 39.0 Å². The fraction of sp³-hybridized carbons (Fsp3) is 0.966. The SMILES string of the molecule is CCCCCCCCCCCC(=O)N(CCO)CCCCCCCCCCCCCCCCCCCCCCCCN(CCO[C@@H]1O[C@H](CO)[C@H](O)[C@H](O)[C@H]1O)C(=O)CCCCCCCCCCC. The highest BCUT2D eigenvalue weighted by molar-refractivity contribution is 5.76. The second kappa shape index (κ2) is 48.9. The molecule has 1 fully saturated rings. The molecule has 0 aliphatic carbocycles. The van der Waals surface area contributed by atoms with Crippen LogP contribution in [0, 0.1) is 0 Å². The predicted octanol–water partition coefficient (Wildman–Crippen LogP) is 12.9. The van der Waals surface area contributed by atoms with Crippen molar-refractivity contribution in [2.75, 3.05) is 46.0 Å². The number of amides is 2. The first-order valence-electron chi connectivity index (χ1n) is 29.9. The first kappa shape index (κ1) is 65.7. The van der Waals surface area contributed by atoms with Crippen LogP contribution in [0.3, 0.4) is 0 Å². The normalized spacial score (nSPS) is 18.3. The van der Waals surface area contributed by atoms with E-state index >= 15 is 0 Å². The highest BCUT2D eigenvalue weighted by Crippen LogP contribution is 2.23. The Kier molecular flexibility index (Phi) is 46.5. The number of carbonyl (C=O) groups is 2. The Balaban J connectivity index is 2.05. The van der Waals surface area contributed by atoms with Crippen LogP contribution in [0.25, 0.3) is 0 Å². The van der Waals surface area contributed by atoms with E-state index in [0.29, 0.717) is 32.5 Å². The molecule has 1 saturated heterocycles. The fourth-order valence-corrected chi connectivity index (χ4v) is 9.96. The molecule has 0 unspecified atom stereocenters. The van der Waals surface area contributed by atoms with E-state index in [2.05, 4.69) is 13.8 Å². The fourth-order valence-electron chi connectivity index (χ4n) is 9.96. The van der Waals surface area contributed by atoms with Crippen molar-refractivity contribution in [3.05, 3.63) is 0 Å². The molecular formula is C58H114N2O9. The van der Waals surface area contributed by atoms with Crippen LogP contribution in [0.2, 0.25) is 0 Å². The van der Waals surface area contributed by atoms with Crippen LogP contribution in [0.15, 0.2) is 0 Å². The second-order valence-corrected chi connectivity index (χ2v) is 21.0. The van der Waals surface area contributed by atoms with Gasteiger partial charge in [0.05, 0.1) is 19.8 Å². The maximum Gasteiger partial charge on any atom is 0.222 e. The third-order valence-electron chi connectivity index (χ3n) is 14.7. The van der Waals surface area contributed by atoms with Gasteiger partial charge in [-0.3, -0.25) is 9.59 Å². The molecule has 0 aromatic heterocycles. The average molecular weight is 984 g/mol. The molecule has 11 heteroatoms. The Labute approximate surface area is 425 Å². The van der Waals surface area contributed by atoms with Crippen LogP contribution in [0.4, 0.5) is 0 Å². The van der Waals surface area contributed by atoms with Crippen LogP contribution < -0.4 is 0 Å². The smallest absolute Gasteiger partial charge is 0.222 e. The average Bonchev–Trinajstić information content (AvgIpc) is 3.35. The van der Waals surface area contributed by atoms with Gasteiger partial charge in [0.2, 0.25) is 11.8 Å². The zero-order valence-electron chi connectivity index (χ0n) is 45.3. The van der Waals surface area contributed by atoms with Gasteiger partial charge in [-0.25, -0.2) is 0 Å². The third-order valence-corrected chi connectivity index (χ3v) is 14.7. The molecule has 5 atom stereocenters. The molecule has 0 saturated carbocycles. The Bertz CT molecular complexity index is 1120. The molecule has 5 N–H and O–H groups in total. The molecule has 69 heavy (non-hydrogen) atoms. The van der Waals surface area contributed by atoms with Gasteiger partial charge in [-0.15, -0.1) is 0 Å². The highest BCUT2D eigenvalue weighted by Gasteiger charge is 2.44. The van der Waals surface area contributed by atoms with E-state index < -0.39 is 37.3 Å². The summed E-state index contributed by atoms with van der Waals surface area (Å²) in [6.45, 7) is 6.52. The van der Waals surface area contributed by atoms with E-state index in [9.17, 15) is 35.1 Å². The van der Waals surface area contributed by atoms with Crippen molar-refractivity contribution in [3.63, 3.8) is 0 Å². The summed E-state index contributed by atoms with van der Waals surface area (Å²) in [5.74, 6) is 0.367. The van der Waals surface area contributed by atoms with Gasteiger partial charge in [0.1, 0.15) is 24.4 Å². The van der Waals surface area contributed by atoms with Crippen molar-refractivity contribution < 1.29 is 44.6 Å². The van der Waals surface area contributed by atoms with Crippen LogP contribution in [-0.2, 0) is 19.1 Å². The summed E-state index contributed by atoms with van der Waals surface area (Å²) in [6, 6.07) is 0. The molecule has 0 aromatic rings. The first-order chi connectivity index (χ1) is 33.8. The molecule has 0 bridgehead atoms. The van der Waals surface area contributed by atoms with E-state index in [1.54, 1.807) is 0 Å². The first-order valence-corrected chi connectivity index (χ1v) is 29.9. The Hall–Kier alpha value is -1.34. The molecule has 1 aliphatic rings. The van der Waals surface area contributed by atoms with Gasteiger partial charge in [-0.05, 0) is 25.7 Å². The number of aliphatic hydroxyl groups excluding tert-OH is 5. The Morgan fingerprint density at radius 2 is 0.696 bits per heavy atom. The van der Waals surface area contributed by atoms with Crippen molar-refractivity contribution in [3.8, 4) is 0 Å². The van der Waals surface area contributed by atoms with Crippen molar-refractivity contribution in [1.29, 1.82) is 0 Å². The number of unbranched alkanes of at least 4 members (excludes halogenated alkanes) is 37. The number of ether oxygens (including phenoxy) is 2. The summed E-state index contributed by atoms with van der Waals surface area (Å²) in [7, 11) is 0. The van der Waals surface area contributed by atoms with Crippen LogP contribution in [0.5, 0.6) is 0 Å². The zero-order valence-corrected chi connectivity index (χ0v) is 45.3. The van der Waals surface area contributed by atoms with Crippen LogP contribution in [0.1, 0.15) is 284 Å². The molecule has 1 aliphatic heterocycles. The maximum atomic E-state index is 13.3. The summed E-state index contributed by atoms with van der Waals surface area (Å²) in [4.78, 5) is 29.8. The lowest BCUT2D eigenvalue weighted by molar-refractivity contribution is -0.301. The number of hydrogen-bond acceptors (Lipinski definition) is 9. The lowest BCUT2D eigenvalue weighted by Crippen LogP contribution is -2.59. The largest absolute Gasteiger partial charge is 0.395 e. The standard InChI is InChI=1S/C58H114N2O9/c1-3-5-7-9-11-27-31-35-39-43-53(63)59(47-49-61)45-41-37-33-29-25-23-21-19-17-15-13-14-16-18-20-22-24-26-30-34-38-42-46-60(54(64)44-40-36-32-28-12-10-8-6-4-2)48-50-68-58-57(67)56(66)55(65)52(51-62)69-58/h52,55-58,61-62,65-67H,3-51H2,1-2H3/t52-,55+,56+,57-,58-/m1/s1. The lowest BCUT2D eigenvalue weighted by Gasteiger charge is -2.39. The Morgan fingerprint density at radius 3 is 1.01 bits per heavy atom. The van der Waals surface area contributed by atoms with Crippen LogP contribution in [-0.4, -0.2) is 124 Å².